The molecule has 0 atom stereocenters. The van der Waals surface area contributed by atoms with Crippen LogP contribution in [0.3, 0.4) is 0 Å². The molecule has 0 spiro atoms. The molecule has 1 amide bonds. The molecular formula is C14H20ClN3O4S. The van der Waals surface area contributed by atoms with Crippen molar-refractivity contribution in [3.05, 3.63) is 23.0 Å². The summed E-state index contributed by atoms with van der Waals surface area (Å²) in [7, 11) is -2.45. The maximum atomic E-state index is 12.5. The molecule has 1 N–H and O–H groups in total. The standard InChI is InChI=1S/C14H20ClN3O4S/c1-10-7-12(8-16-14(10)15)23(21,22)17(2)9-13(20)18-5-3-11(19)4-6-18/h7-8,11,19H,3-6,9H2,1-2H3. The van der Waals surface area contributed by atoms with Gasteiger partial charge in [0.05, 0.1) is 12.6 Å². The molecule has 1 aliphatic heterocycles. The van der Waals surface area contributed by atoms with E-state index in [0.717, 1.165) is 4.31 Å². The van der Waals surface area contributed by atoms with E-state index in [1.54, 1.807) is 11.8 Å². The Hall–Kier alpha value is -1.22. The summed E-state index contributed by atoms with van der Waals surface area (Å²) >= 11 is 5.81. The summed E-state index contributed by atoms with van der Waals surface area (Å²) < 4.78 is 26.0. The highest BCUT2D eigenvalue weighted by molar-refractivity contribution is 7.89. The van der Waals surface area contributed by atoms with Crippen LogP contribution in [0.25, 0.3) is 0 Å². The summed E-state index contributed by atoms with van der Waals surface area (Å²) in [5, 5.41) is 9.70. The molecule has 23 heavy (non-hydrogen) atoms. The minimum absolute atomic E-state index is 0.00349. The third-order valence-corrected chi connectivity index (χ3v) is 6.04. The van der Waals surface area contributed by atoms with Gasteiger partial charge in [-0.1, -0.05) is 11.6 Å². The van der Waals surface area contributed by atoms with E-state index in [1.165, 1.54) is 19.3 Å². The topological polar surface area (TPSA) is 90.8 Å². The molecule has 1 fully saturated rings. The number of aromatic nitrogens is 1. The van der Waals surface area contributed by atoms with E-state index in [-0.39, 0.29) is 28.6 Å². The summed E-state index contributed by atoms with van der Waals surface area (Å²) in [6.07, 6.45) is 1.83. The van der Waals surface area contributed by atoms with Crippen LogP contribution in [0.4, 0.5) is 0 Å². The number of carbonyl (C=O) groups excluding carboxylic acids is 1. The van der Waals surface area contributed by atoms with Crippen molar-refractivity contribution in [2.45, 2.75) is 30.8 Å². The number of rotatable bonds is 4. The van der Waals surface area contributed by atoms with E-state index in [4.69, 9.17) is 11.6 Å². The van der Waals surface area contributed by atoms with E-state index in [1.807, 2.05) is 0 Å². The van der Waals surface area contributed by atoms with Crippen molar-refractivity contribution in [2.75, 3.05) is 26.7 Å². The van der Waals surface area contributed by atoms with E-state index in [9.17, 15) is 18.3 Å². The number of nitrogens with zero attached hydrogens (tertiary/aromatic N) is 3. The van der Waals surface area contributed by atoms with Gasteiger partial charge >= 0.3 is 0 Å². The molecule has 1 aliphatic rings. The molecular weight excluding hydrogens is 342 g/mol. The fraction of sp³-hybridized carbons (Fsp3) is 0.571. The second-order valence-electron chi connectivity index (χ2n) is 5.65. The second-order valence-corrected chi connectivity index (χ2v) is 8.05. The number of amides is 1. The summed E-state index contributed by atoms with van der Waals surface area (Å²) in [4.78, 5) is 17.6. The fourth-order valence-corrected chi connectivity index (χ4v) is 3.60. The van der Waals surface area contributed by atoms with Crippen LogP contribution in [0, 0.1) is 6.92 Å². The lowest BCUT2D eigenvalue weighted by atomic mass is 10.1. The predicted molar refractivity (Wildman–Crippen MR) is 85.6 cm³/mol. The number of halogens is 1. The van der Waals surface area contributed by atoms with E-state index in [2.05, 4.69) is 4.98 Å². The number of hydrogen-bond acceptors (Lipinski definition) is 5. The van der Waals surface area contributed by atoms with Crippen molar-refractivity contribution in [1.82, 2.24) is 14.2 Å². The van der Waals surface area contributed by atoms with E-state index < -0.39 is 10.0 Å². The molecule has 7 nitrogen and oxygen atoms in total. The molecule has 0 unspecified atom stereocenters. The quantitative estimate of drug-likeness (QED) is 0.795. The first-order valence-corrected chi connectivity index (χ1v) is 9.08. The Labute approximate surface area is 140 Å². The van der Waals surface area contributed by atoms with Crippen LogP contribution in [0.5, 0.6) is 0 Å². The molecule has 1 saturated heterocycles. The zero-order chi connectivity index (χ0) is 17.2. The zero-order valence-electron chi connectivity index (χ0n) is 13.1. The van der Waals surface area contributed by atoms with Crippen LogP contribution >= 0.6 is 11.6 Å². The molecule has 0 saturated carbocycles. The van der Waals surface area contributed by atoms with Crippen LogP contribution in [0.15, 0.2) is 17.2 Å². The SMILES string of the molecule is Cc1cc(S(=O)(=O)N(C)CC(=O)N2CCC(O)CC2)cnc1Cl. The number of likely N-dealkylation sites (tertiary alicyclic amines) is 1. The molecule has 0 radical (unpaired) electrons. The number of piperidine rings is 1. The number of pyridine rings is 1. The second kappa shape index (κ2) is 7.12. The van der Waals surface area contributed by atoms with Gasteiger partial charge in [0.15, 0.2) is 0 Å². The van der Waals surface area contributed by atoms with Gasteiger partial charge in [-0.15, -0.1) is 0 Å². The van der Waals surface area contributed by atoms with Gasteiger partial charge in [-0.3, -0.25) is 4.79 Å². The molecule has 2 heterocycles. The lowest BCUT2D eigenvalue weighted by molar-refractivity contribution is -0.133. The van der Waals surface area contributed by atoms with Crippen molar-refractivity contribution in [1.29, 1.82) is 0 Å². The molecule has 0 bridgehead atoms. The smallest absolute Gasteiger partial charge is 0.244 e. The molecule has 1 aromatic rings. The Morgan fingerprint density at radius 3 is 2.65 bits per heavy atom. The third-order valence-electron chi connectivity index (χ3n) is 3.87. The van der Waals surface area contributed by atoms with Crippen LogP contribution in [0.1, 0.15) is 18.4 Å². The van der Waals surface area contributed by atoms with E-state index >= 15 is 0 Å². The lowest BCUT2D eigenvalue weighted by Gasteiger charge is -2.30. The minimum atomic E-state index is -3.81. The highest BCUT2D eigenvalue weighted by atomic mass is 35.5. The average Bonchev–Trinajstić information content (AvgIpc) is 2.50. The Morgan fingerprint density at radius 1 is 1.48 bits per heavy atom. The largest absolute Gasteiger partial charge is 0.393 e. The first-order chi connectivity index (χ1) is 10.7. The minimum Gasteiger partial charge on any atom is -0.393 e. The lowest BCUT2D eigenvalue weighted by Crippen LogP contribution is -2.45. The highest BCUT2D eigenvalue weighted by Gasteiger charge is 2.27. The van der Waals surface area contributed by atoms with Gasteiger partial charge in [-0.2, -0.15) is 4.31 Å². The van der Waals surface area contributed by atoms with Crippen molar-refractivity contribution >= 4 is 27.5 Å². The molecule has 0 aromatic carbocycles. The van der Waals surface area contributed by atoms with Gasteiger partial charge in [0.25, 0.3) is 0 Å². The van der Waals surface area contributed by atoms with Crippen LogP contribution in [0.2, 0.25) is 5.15 Å². The maximum absolute atomic E-state index is 12.5. The molecule has 9 heteroatoms. The Kier molecular flexibility index (Phi) is 5.61. The molecule has 128 valence electrons. The Bertz CT molecular complexity index is 687. The van der Waals surface area contributed by atoms with Crippen LogP contribution < -0.4 is 0 Å². The van der Waals surface area contributed by atoms with Crippen molar-refractivity contribution in [2.24, 2.45) is 0 Å². The van der Waals surface area contributed by atoms with Crippen molar-refractivity contribution in [3.63, 3.8) is 0 Å². The Balaban J connectivity index is 2.07. The van der Waals surface area contributed by atoms with E-state index in [0.29, 0.717) is 31.5 Å². The van der Waals surface area contributed by atoms with Gasteiger partial charge in [0.1, 0.15) is 10.0 Å². The molecule has 2 rings (SSSR count). The number of aliphatic hydroxyl groups excluding tert-OH is 1. The number of aliphatic hydroxyl groups is 1. The normalized spacial score (nSPS) is 16.8. The van der Waals surface area contributed by atoms with Gasteiger partial charge in [0.2, 0.25) is 15.9 Å². The summed E-state index contributed by atoms with van der Waals surface area (Å²) in [5.41, 5.74) is 0.553. The number of sulfonamides is 1. The van der Waals surface area contributed by atoms with Gasteiger partial charge in [0, 0.05) is 26.3 Å². The molecule has 0 aliphatic carbocycles. The number of hydrogen-bond donors (Lipinski definition) is 1. The predicted octanol–water partition coefficient (Wildman–Crippen LogP) is 0.647. The number of likely N-dealkylation sites (N-methyl/N-ethyl adjacent to an activating group) is 1. The van der Waals surface area contributed by atoms with Crippen LogP contribution in [-0.4, -0.2) is 66.4 Å². The number of aryl methyl sites for hydroxylation is 1. The van der Waals surface area contributed by atoms with Crippen molar-refractivity contribution < 1.29 is 18.3 Å². The summed E-state index contributed by atoms with van der Waals surface area (Å²) in [5.74, 6) is -0.276. The van der Waals surface area contributed by atoms with Gasteiger partial charge in [-0.05, 0) is 31.4 Å². The fourth-order valence-electron chi connectivity index (χ4n) is 2.34. The first-order valence-electron chi connectivity index (χ1n) is 7.26. The first kappa shape index (κ1) is 18.1. The van der Waals surface area contributed by atoms with Crippen molar-refractivity contribution in [3.8, 4) is 0 Å². The zero-order valence-corrected chi connectivity index (χ0v) is 14.6. The maximum Gasteiger partial charge on any atom is 0.244 e. The van der Waals surface area contributed by atoms with Crippen LogP contribution in [-0.2, 0) is 14.8 Å². The summed E-state index contributed by atoms with van der Waals surface area (Å²) in [6.45, 7) is 2.30. The molecule has 1 aromatic heterocycles. The third kappa shape index (κ3) is 4.20. The Morgan fingerprint density at radius 2 is 2.09 bits per heavy atom. The van der Waals surface area contributed by atoms with Gasteiger partial charge < -0.3 is 10.0 Å². The average molecular weight is 362 g/mol. The highest BCUT2D eigenvalue weighted by Crippen LogP contribution is 2.19. The summed E-state index contributed by atoms with van der Waals surface area (Å²) in [6, 6.07) is 1.43. The monoisotopic (exact) mass is 361 g/mol. The number of carbonyl (C=O) groups is 1. The van der Waals surface area contributed by atoms with Gasteiger partial charge in [-0.25, -0.2) is 13.4 Å².